The van der Waals surface area contributed by atoms with E-state index in [1.807, 2.05) is 0 Å². The Hall–Kier alpha value is -2.04. The number of amides is 1. The first-order valence-electron chi connectivity index (χ1n) is 6.80. The zero-order valence-electron chi connectivity index (χ0n) is 11.5. The topological polar surface area (TPSA) is 66.8 Å². The molecular weight excluding hydrogens is 258 g/mol. The highest BCUT2D eigenvalue weighted by Gasteiger charge is 2.25. The third-order valence-corrected chi connectivity index (χ3v) is 3.62. The summed E-state index contributed by atoms with van der Waals surface area (Å²) in [6.45, 7) is -0.365. The first-order chi connectivity index (χ1) is 9.58. The summed E-state index contributed by atoms with van der Waals surface area (Å²) in [6.07, 6.45) is 4.21. The van der Waals surface area contributed by atoms with E-state index in [1.54, 1.807) is 36.2 Å². The van der Waals surface area contributed by atoms with Crippen LogP contribution in [0.2, 0.25) is 0 Å². The molecule has 1 N–H and O–H groups in total. The molecule has 0 radical (unpaired) electrons. The van der Waals surface area contributed by atoms with Crippen molar-refractivity contribution in [3.8, 4) is 5.75 Å². The number of hydrogen-bond donors (Lipinski definition) is 1. The van der Waals surface area contributed by atoms with Crippen LogP contribution in [-0.4, -0.2) is 30.6 Å². The Labute approximate surface area is 118 Å². The van der Waals surface area contributed by atoms with Gasteiger partial charge in [0.1, 0.15) is 5.75 Å². The van der Waals surface area contributed by atoms with Crippen molar-refractivity contribution in [2.24, 2.45) is 5.92 Å². The molecule has 0 spiro atoms. The quantitative estimate of drug-likeness (QED) is 0.896. The summed E-state index contributed by atoms with van der Waals surface area (Å²) in [6, 6.07) is 6.89. The van der Waals surface area contributed by atoms with E-state index in [1.165, 1.54) is 0 Å². The van der Waals surface area contributed by atoms with Gasteiger partial charge in [0.05, 0.1) is 0 Å². The van der Waals surface area contributed by atoms with E-state index in [0.29, 0.717) is 5.75 Å². The fraction of sp³-hybridized carbons (Fsp3) is 0.467. The van der Waals surface area contributed by atoms with Crippen molar-refractivity contribution in [2.45, 2.75) is 25.7 Å². The molecule has 1 amide bonds. The van der Waals surface area contributed by atoms with Gasteiger partial charge in [-0.2, -0.15) is 0 Å². The fourth-order valence-electron chi connectivity index (χ4n) is 2.48. The Balaban J connectivity index is 1.97. The van der Waals surface area contributed by atoms with E-state index in [-0.39, 0.29) is 18.4 Å². The molecule has 1 aliphatic rings. The standard InChI is InChI=1S/C15H19NO4/c1-16(15(19)11-4-2-3-5-11)12-6-8-13(9-7-12)20-10-14(17)18/h6-9,11H,2-5,10H2,1H3,(H,17,18). The molecule has 1 aromatic rings. The highest BCUT2D eigenvalue weighted by molar-refractivity contribution is 5.94. The smallest absolute Gasteiger partial charge is 0.341 e. The Morgan fingerprint density at radius 2 is 1.85 bits per heavy atom. The predicted octanol–water partition coefficient (Wildman–Crippen LogP) is 2.30. The molecule has 0 bridgehead atoms. The van der Waals surface area contributed by atoms with Gasteiger partial charge in [-0.05, 0) is 37.1 Å². The van der Waals surface area contributed by atoms with Gasteiger partial charge in [0.2, 0.25) is 5.91 Å². The molecule has 0 aliphatic heterocycles. The van der Waals surface area contributed by atoms with Crippen molar-refractivity contribution in [1.29, 1.82) is 0 Å². The van der Waals surface area contributed by atoms with Crippen LogP contribution in [0.5, 0.6) is 5.75 Å². The molecule has 5 nitrogen and oxygen atoms in total. The van der Waals surface area contributed by atoms with Gasteiger partial charge in [-0.15, -0.1) is 0 Å². The maximum atomic E-state index is 12.3. The minimum atomic E-state index is -1.01. The summed E-state index contributed by atoms with van der Waals surface area (Å²) in [4.78, 5) is 24.3. The maximum absolute atomic E-state index is 12.3. The van der Waals surface area contributed by atoms with Gasteiger partial charge in [-0.3, -0.25) is 4.79 Å². The number of nitrogens with zero attached hydrogens (tertiary/aromatic N) is 1. The molecule has 5 heteroatoms. The zero-order valence-corrected chi connectivity index (χ0v) is 11.5. The average Bonchev–Trinajstić information content (AvgIpc) is 2.98. The van der Waals surface area contributed by atoms with Gasteiger partial charge in [-0.25, -0.2) is 4.79 Å². The van der Waals surface area contributed by atoms with Crippen molar-refractivity contribution in [1.82, 2.24) is 0 Å². The second kappa shape index (κ2) is 6.41. The van der Waals surface area contributed by atoms with Crippen LogP contribution in [0.15, 0.2) is 24.3 Å². The van der Waals surface area contributed by atoms with Gasteiger partial charge < -0.3 is 14.7 Å². The van der Waals surface area contributed by atoms with E-state index in [9.17, 15) is 9.59 Å². The zero-order chi connectivity index (χ0) is 14.5. The molecular formula is C15H19NO4. The highest BCUT2D eigenvalue weighted by Crippen LogP contribution is 2.28. The number of carbonyl (C=O) groups excluding carboxylic acids is 1. The predicted molar refractivity (Wildman–Crippen MR) is 74.9 cm³/mol. The van der Waals surface area contributed by atoms with Crippen molar-refractivity contribution in [3.05, 3.63) is 24.3 Å². The van der Waals surface area contributed by atoms with Crippen molar-refractivity contribution < 1.29 is 19.4 Å². The van der Waals surface area contributed by atoms with E-state index in [4.69, 9.17) is 9.84 Å². The number of rotatable bonds is 5. The number of carboxylic acid groups (broad SMARTS) is 1. The lowest BCUT2D eigenvalue weighted by Gasteiger charge is -2.21. The van der Waals surface area contributed by atoms with Crippen LogP contribution in [0, 0.1) is 5.92 Å². The lowest BCUT2D eigenvalue weighted by Crippen LogP contribution is -2.31. The minimum Gasteiger partial charge on any atom is -0.482 e. The molecule has 0 atom stereocenters. The van der Waals surface area contributed by atoms with Gasteiger partial charge in [0.15, 0.2) is 6.61 Å². The van der Waals surface area contributed by atoms with Crippen LogP contribution >= 0.6 is 0 Å². The van der Waals surface area contributed by atoms with Crippen LogP contribution in [0.25, 0.3) is 0 Å². The number of benzene rings is 1. The highest BCUT2D eigenvalue weighted by atomic mass is 16.5. The van der Waals surface area contributed by atoms with Crippen LogP contribution in [0.4, 0.5) is 5.69 Å². The fourth-order valence-corrected chi connectivity index (χ4v) is 2.48. The monoisotopic (exact) mass is 277 g/mol. The Morgan fingerprint density at radius 3 is 2.40 bits per heavy atom. The second-order valence-corrected chi connectivity index (χ2v) is 5.05. The normalized spacial score (nSPS) is 15.1. The number of carbonyl (C=O) groups is 2. The van der Waals surface area contributed by atoms with Gasteiger partial charge >= 0.3 is 5.97 Å². The number of aliphatic carboxylic acids is 1. The van der Waals surface area contributed by atoms with Gasteiger partial charge in [0.25, 0.3) is 0 Å². The maximum Gasteiger partial charge on any atom is 0.341 e. The number of anilines is 1. The van der Waals surface area contributed by atoms with E-state index in [0.717, 1.165) is 31.4 Å². The molecule has 0 saturated heterocycles. The molecule has 0 unspecified atom stereocenters. The van der Waals surface area contributed by atoms with Gasteiger partial charge in [-0.1, -0.05) is 12.8 Å². The van der Waals surface area contributed by atoms with Crippen LogP contribution in [0.3, 0.4) is 0 Å². The molecule has 1 fully saturated rings. The summed E-state index contributed by atoms with van der Waals surface area (Å²) in [5.41, 5.74) is 0.796. The van der Waals surface area contributed by atoms with E-state index in [2.05, 4.69) is 0 Å². The minimum absolute atomic E-state index is 0.142. The van der Waals surface area contributed by atoms with Crippen molar-refractivity contribution in [3.63, 3.8) is 0 Å². The SMILES string of the molecule is CN(C(=O)C1CCCC1)c1ccc(OCC(=O)O)cc1. The summed E-state index contributed by atoms with van der Waals surface area (Å²) in [7, 11) is 1.77. The van der Waals surface area contributed by atoms with Crippen molar-refractivity contribution in [2.75, 3.05) is 18.6 Å². The van der Waals surface area contributed by atoms with Crippen LogP contribution < -0.4 is 9.64 Å². The number of carboxylic acids is 1. The molecule has 20 heavy (non-hydrogen) atoms. The molecule has 1 saturated carbocycles. The van der Waals surface area contributed by atoms with Crippen LogP contribution in [0.1, 0.15) is 25.7 Å². The van der Waals surface area contributed by atoms with Gasteiger partial charge in [0, 0.05) is 18.7 Å². The summed E-state index contributed by atoms with van der Waals surface area (Å²) in [5, 5.41) is 8.53. The first kappa shape index (κ1) is 14.4. The summed E-state index contributed by atoms with van der Waals surface area (Å²) in [5.74, 6) is -0.231. The van der Waals surface area contributed by atoms with E-state index >= 15 is 0 Å². The third-order valence-electron chi connectivity index (χ3n) is 3.62. The average molecular weight is 277 g/mol. The molecule has 0 heterocycles. The third kappa shape index (κ3) is 3.50. The Morgan fingerprint density at radius 1 is 1.25 bits per heavy atom. The molecule has 1 aliphatic carbocycles. The molecule has 108 valence electrons. The summed E-state index contributed by atoms with van der Waals surface area (Å²) < 4.78 is 5.06. The van der Waals surface area contributed by atoms with E-state index < -0.39 is 5.97 Å². The molecule has 1 aromatic carbocycles. The molecule has 0 aromatic heterocycles. The first-order valence-corrected chi connectivity index (χ1v) is 6.80. The lowest BCUT2D eigenvalue weighted by atomic mass is 10.1. The number of ether oxygens (including phenoxy) is 1. The summed E-state index contributed by atoms with van der Waals surface area (Å²) >= 11 is 0. The van der Waals surface area contributed by atoms with Crippen LogP contribution in [-0.2, 0) is 9.59 Å². The molecule has 2 rings (SSSR count). The largest absolute Gasteiger partial charge is 0.482 e. The Kier molecular flexibility index (Phi) is 4.61. The Bertz CT molecular complexity index is 477. The lowest BCUT2D eigenvalue weighted by molar-refractivity contribution is -0.139. The van der Waals surface area contributed by atoms with Crippen molar-refractivity contribution >= 4 is 17.6 Å². The number of hydrogen-bond acceptors (Lipinski definition) is 3. The second-order valence-electron chi connectivity index (χ2n) is 5.05.